The van der Waals surface area contributed by atoms with Crippen molar-refractivity contribution in [3.05, 3.63) is 77.2 Å². The number of benzene rings is 2. The number of halogens is 7. The number of alkyl halides is 6. The molecule has 1 amide bonds. The van der Waals surface area contributed by atoms with Crippen molar-refractivity contribution in [3.63, 3.8) is 0 Å². The van der Waals surface area contributed by atoms with Crippen LogP contribution in [0.25, 0.3) is 11.1 Å². The zero-order valence-corrected chi connectivity index (χ0v) is 26.5. The third-order valence-corrected chi connectivity index (χ3v) is 7.17. The van der Waals surface area contributed by atoms with Gasteiger partial charge in [0.05, 0.1) is 54.9 Å². The predicted molar refractivity (Wildman–Crippen MR) is 166 cm³/mol. The van der Waals surface area contributed by atoms with E-state index in [0.29, 0.717) is 42.2 Å². The number of pyridine rings is 1. The van der Waals surface area contributed by atoms with Crippen LogP contribution in [0.15, 0.2) is 54.7 Å². The maximum absolute atomic E-state index is 13.7. The maximum atomic E-state index is 13.7. The molecule has 0 aliphatic carbocycles. The minimum Gasteiger partial charge on any atom is -0.395 e. The molecule has 1 aromatic heterocycles. The molecule has 2 aromatic carbocycles. The van der Waals surface area contributed by atoms with Gasteiger partial charge in [0.1, 0.15) is 11.6 Å². The van der Waals surface area contributed by atoms with Crippen LogP contribution in [0.4, 0.5) is 42.2 Å². The van der Waals surface area contributed by atoms with Crippen LogP contribution in [-0.2, 0) is 22.6 Å². The Morgan fingerprint density at radius 1 is 0.771 bits per heavy atom. The van der Waals surface area contributed by atoms with Crippen molar-refractivity contribution < 1.29 is 56.0 Å². The summed E-state index contributed by atoms with van der Waals surface area (Å²) >= 11 is 0. The van der Waals surface area contributed by atoms with Crippen molar-refractivity contribution in [1.82, 2.24) is 10.3 Å². The molecular weight excluding hydrogens is 653 g/mol. The summed E-state index contributed by atoms with van der Waals surface area (Å²) in [6, 6.07) is 7.75. The Balaban J connectivity index is 0.00000103. The molecule has 3 rings (SSSR count). The molecule has 266 valence electrons. The number of aliphatic hydroxyl groups excluding tert-OH is 4. The number of aliphatic hydroxyl groups is 4. The molecular formula is C32H39F7N4O5. The number of anilines is 2. The second kappa shape index (κ2) is 17.5. The molecule has 0 aliphatic heterocycles. The number of carbonyl (C=O) groups is 1. The largest absolute Gasteiger partial charge is 0.416 e. The molecule has 9 nitrogen and oxygen atoms in total. The minimum atomic E-state index is -5.09. The van der Waals surface area contributed by atoms with E-state index in [1.165, 1.54) is 57.4 Å². The van der Waals surface area contributed by atoms with Gasteiger partial charge in [-0.2, -0.15) is 26.3 Å². The maximum Gasteiger partial charge on any atom is 0.416 e. The summed E-state index contributed by atoms with van der Waals surface area (Å²) in [4.78, 5) is 20.7. The van der Waals surface area contributed by atoms with Crippen LogP contribution in [0.3, 0.4) is 0 Å². The number of amides is 1. The summed E-state index contributed by atoms with van der Waals surface area (Å²) in [5, 5.41) is 37.9. The molecule has 0 spiro atoms. The number of nitrogens with zero attached hydrogens (tertiary/aromatic N) is 3. The fourth-order valence-electron chi connectivity index (χ4n) is 4.57. The van der Waals surface area contributed by atoms with Gasteiger partial charge in [-0.1, -0.05) is 12.1 Å². The Morgan fingerprint density at radius 2 is 1.25 bits per heavy atom. The summed E-state index contributed by atoms with van der Waals surface area (Å²) in [5.74, 6) is -1.09. The molecule has 0 aliphatic rings. The van der Waals surface area contributed by atoms with Gasteiger partial charge in [0, 0.05) is 38.8 Å². The summed E-state index contributed by atoms with van der Waals surface area (Å²) in [6.45, 7) is 3.53. The van der Waals surface area contributed by atoms with Gasteiger partial charge >= 0.3 is 12.4 Å². The molecule has 1 heterocycles. The van der Waals surface area contributed by atoms with Gasteiger partial charge in [-0.3, -0.25) is 4.79 Å². The fourth-order valence-corrected chi connectivity index (χ4v) is 4.57. The third kappa shape index (κ3) is 10.8. The molecule has 0 saturated heterocycles. The van der Waals surface area contributed by atoms with Gasteiger partial charge in [0.2, 0.25) is 5.91 Å². The lowest BCUT2D eigenvalue weighted by Gasteiger charge is -2.32. The molecule has 16 heteroatoms. The van der Waals surface area contributed by atoms with E-state index in [1.807, 2.05) is 0 Å². The number of nitrogens with one attached hydrogen (secondary N) is 1. The highest BCUT2D eigenvalue weighted by atomic mass is 19.4. The quantitative estimate of drug-likeness (QED) is 0.133. The van der Waals surface area contributed by atoms with E-state index in [9.17, 15) is 45.7 Å². The lowest BCUT2D eigenvalue weighted by Crippen LogP contribution is -2.42. The molecule has 0 radical (unpaired) electrons. The van der Waals surface area contributed by atoms with Crippen molar-refractivity contribution in [2.24, 2.45) is 0 Å². The lowest BCUT2D eigenvalue weighted by atomic mass is 9.81. The predicted octanol–water partition coefficient (Wildman–Crippen LogP) is 4.22. The second-order valence-corrected chi connectivity index (χ2v) is 11.0. The van der Waals surface area contributed by atoms with Crippen molar-refractivity contribution >= 4 is 17.4 Å². The normalized spacial score (nSPS) is 12.0. The van der Waals surface area contributed by atoms with Crippen LogP contribution < -0.4 is 15.1 Å². The molecule has 0 fully saturated rings. The van der Waals surface area contributed by atoms with Gasteiger partial charge < -0.3 is 35.5 Å². The first-order valence-corrected chi connectivity index (χ1v) is 14.7. The number of carbonyl (C=O) groups excluding carboxylic acids is 1. The summed E-state index contributed by atoms with van der Waals surface area (Å²) in [7, 11) is 1.30. The zero-order chi connectivity index (χ0) is 36.3. The van der Waals surface area contributed by atoms with E-state index < -0.39 is 46.2 Å². The minimum absolute atomic E-state index is 0.00638. The summed E-state index contributed by atoms with van der Waals surface area (Å²) in [6.07, 6.45) is -8.91. The Morgan fingerprint density at radius 3 is 1.69 bits per heavy atom. The summed E-state index contributed by atoms with van der Waals surface area (Å²) in [5.41, 5.74) is -4.56. The highest BCUT2D eigenvalue weighted by Gasteiger charge is 2.41. The second-order valence-electron chi connectivity index (χ2n) is 11.0. The van der Waals surface area contributed by atoms with Crippen LogP contribution >= 0.6 is 0 Å². The zero-order valence-electron chi connectivity index (χ0n) is 26.5. The average Bonchev–Trinajstić information content (AvgIpc) is 3.03. The van der Waals surface area contributed by atoms with Crippen molar-refractivity contribution in [2.75, 3.05) is 69.5 Å². The van der Waals surface area contributed by atoms with Crippen LogP contribution in [0.1, 0.15) is 30.5 Å². The topological polar surface area (TPSA) is 129 Å². The Kier molecular flexibility index (Phi) is 14.7. The monoisotopic (exact) mass is 692 g/mol. The first-order valence-electron chi connectivity index (χ1n) is 14.7. The SMILES string of the molecule is CN(C(=O)C(C)(C)c1cc(C(F)(F)F)cc(C(F)(F)F)c1)c1cnc(N(CCO)CCO)cc1-c1ccc(F)cc1.OCCNCCO. The standard InChI is InChI=1S/C28H28F7N3O3.C4H11NO2/c1-26(2,18-12-19(27(30,31)32)14-20(13-18)28(33,34)35)25(41)37(3)23-16-36-24(38(8-10-39)9-11-40)15-22(23)17-4-6-21(29)7-5-17;6-3-1-5-2-4-7/h4-7,12-16,39-40H,8-11H2,1-3H3;5-7H,1-4H2. The van der Waals surface area contributed by atoms with Crippen LogP contribution in [0.5, 0.6) is 0 Å². The van der Waals surface area contributed by atoms with E-state index in [-0.39, 0.29) is 51.3 Å². The average molecular weight is 693 g/mol. The van der Waals surface area contributed by atoms with E-state index in [2.05, 4.69) is 10.3 Å². The van der Waals surface area contributed by atoms with Crippen LogP contribution in [-0.4, -0.2) is 91.0 Å². The number of rotatable bonds is 13. The van der Waals surface area contributed by atoms with Crippen LogP contribution in [0, 0.1) is 5.82 Å². The number of hydrogen-bond donors (Lipinski definition) is 5. The highest BCUT2D eigenvalue weighted by Crippen LogP contribution is 2.41. The van der Waals surface area contributed by atoms with E-state index in [4.69, 9.17) is 10.2 Å². The van der Waals surface area contributed by atoms with Gasteiger partial charge in [-0.05, 0) is 61.4 Å². The molecule has 5 N–H and O–H groups in total. The van der Waals surface area contributed by atoms with E-state index >= 15 is 0 Å². The Labute approximate surface area is 273 Å². The van der Waals surface area contributed by atoms with E-state index in [1.54, 1.807) is 4.90 Å². The van der Waals surface area contributed by atoms with Gasteiger partial charge in [-0.15, -0.1) is 0 Å². The number of likely N-dealkylation sites (N-methyl/N-ethyl adjacent to an activating group) is 1. The van der Waals surface area contributed by atoms with Crippen molar-refractivity contribution in [1.29, 1.82) is 0 Å². The van der Waals surface area contributed by atoms with Crippen molar-refractivity contribution in [3.8, 4) is 11.1 Å². The molecule has 0 bridgehead atoms. The first kappa shape index (κ1) is 40.3. The molecule has 0 unspecified atom stereocenters. The van der Waals surface area contributed by atoms with Gasteiger partial charge in [0.15, 0.2) is 0 Å². The molecule has 0 atom stereocenters. The van der Waals surface area contributed by atoms with E-state index in [0.717, 1.165) is 4.90 Å². The molecule has 48 heavy (non-hydrogen) atoms. The van der Waals surface area contributed by atoms with Gasteiger partial charge in [0.25, 0.3) is 0 Å². The number of hydrogen-bond acceptors (Lipinski definition) is 8. The van der Waals surface area contributed by atoms with Crippen LogP contribution in [0.2, 0.25) is 0 Å². The summed E-state index contributed by atoms with van der Waals surface area (Å²) < 4.78 is 94.7. The lowest BCUT2D eigenvalue weighted by molar-refractivity contribution is -0.143. The number of aromatic nitrogens is 1. The van der Waals surface area contributed by atoms with Gasteiger partial charge in [-0.25, -0.2) is 9.37 Å². The Hall–Kier alpha value is -3.83. The first-order chi connectivity index (χ1) is 22.4. The molecule has 0 saturated carbocycles. The third-order valence-electron chi connectivity index (χ3n) is 7.17. The fraction of sp³-hybridized carbons (Fsp3) is 0.438. The molecule has 3 aromatic rings. The van der Waals surface area contributed by atoms with Crippen molar-refractivity contribution in [2.45, 2.75) is 31.6 Å². The Bertz CT molecular complexity index is 1430. The smallest absolute Gasteiger partial charge is 0.395 e. The highest BCUT2D eigenvalue weighted by molar-refractivity contribution is 6.03.